The normalized spacial score (nSPS) is 23.8. The molecule has 0 spiro atoms. The second kappa shape index (κ2) is 6.66. The average molecular weight is 346 g/mol. The maximum Gasteiger partial charge on any atom is 0.331 e. The molecule has 1 heterocycles. The van der Waals surface area contributed by atoms with Crippen molar-refractivity contribution < 1.29 is 23.9 Å². The van der Waals surface area contributed by atoms with E-state index in [-0.39, 0.29) is 11.5 Å². The number of ketones is 1. The molecule has 1 aromatic carbocycles. The van der Waals surface area contributed by atoms with Gasteiger partial charge in [-0.15, -0.1) is 0 Å². The first-order valence-corrected chi connectivity index (χ1v) is 7.99. The topological polar surface area (TPSA) is 84.0 Å². The lowest BCUT2D eigenvalue weighted by Gasteiger charge is -2.48. The zero-order valence-electron chi connectivity index (χ0n) is 15.0. The van der Waals surface area contributed by atoms with Crippen LogP contribution in [0.5, 0.6) is 0 Å². The molecule has 2 unspecified atom stereocenters. The Morgan fingerprint density at radius 1 is 1.12 bits per heavy atom. The highest BCUT2D eigenvalue weighted by Gasteiger charge is 2.62. The Labute approximate surface area is 146 Å². The molecule has 1 fully saturated rings. The molecule has 0 bridgehead atoms. The highest BCUT2D eigenvalue weighted by atomic mass is 16.6. The molecule has 134 valence electrons. The van der Waals surface area contributed by atoms with E-state index in [9.17, 15) is 19.2 Å². The standard InChI is InChI=1S/C18H22N2O5/c1-11(2)14-16(23)20(5)18(25-12(3)21,17(24)19(14)4)15(22)13-9-7-6-8-10-13/h6-11,14H,1-5H3. The Morgan fingerprint density at radius 3 is 2.16 bits per heavy atom. The van der Waals surface area contributed by atoms with Gasteiger partial charge in [0.2, 0.25) is 11.7 Å². The van der Waals surface area contributed by atoms with Crippen molar-refractivity contribution in [2.24, 2.45) is 5.92 Å². The van der Waals surface area contributed by atoms with Crippen LogP contribution < -0.4 is 0 Å². The second-order valence-electron chi connectivity index (χ2n) is 6.43. The summed E-state index contributed by atoms with van der Waals surface area (Å²) in [6.45, 7) is 4.70. The molecule has 25 heavy (non-hydrogen) atoms. The van der Waals surface area contributed by atoms with Gasteiger partial charge in [-0.1, -0.05) is 44.2 Å². The quantitative estimate of drug-likeness (QED) is 0.463. The predicted molar refractivity (Wildman–Crippen MR) is 89.4 cm³/mol. The SMILES string of the molecule is CC(=O)OC1(C(=O)c2ccccc2)C(=O)N(C)C(C(C)C)C(=O)N1C. The molecular weight excluding hydrogens is 324 g/mol. The summed E-state index contributed by atoms with van der Waals surface area (Å²) in [5.41, 5.74) is -2.15. The molecular formula is C18H22N2O5. The van der Waals surface area contributed by atoms with Crippen molar-refractivity contribution in [2.75, 3.05) is 14.1 Å². The molecule has 2 amide bonds. The summed E-state index contributed by atoms with van der Waals surface area (Å²) >= 11 is 0. The molecule has 0 radical (unpaired) electrons. The molecule has 0 saturated carbocycles. The van der Waals surface area contributed by atoms with Gasteiger partial charge in [-0.25, -0.2) is 0 Å². The van der Waals surface area contributed by atoms with Crippen LogP contribution in [0.15, 0.2) is 30.3 Å². The van der Waals surface area contributed by atoms with Gasteiger partial charge in [0.15, 0.2) is 0 Å². The van der Waals surface area contributed by atoms with Crippen LogP contribution in [-0.4, -0.2) is 59.2 Å². The number of ether oxygens (including phenoxy) is 1. The van der Waals surface area contributed by atoms with E-state index in [1.54, 1.807) is 32.0 Å². The van der Waals surface area contributed by atoms with Crippen molar-refractivity contribution in [2.45, 2.75) is 32.5 Å². The summed E-state index contributed by atoms with van der Waals surface area (Å²) in [5, 5.41) is 0. The minimum absolute atomic E-state index is 0.161. The zero-order valence-corrected chi connectivity index (χ0v) is 15.0. The Kier molecular flexibility index (Phi) is 4.97. The number of esters is 1. The largest absolute Gasteiger partial charge is 0.421 e. The number of carbonyl (C=O) groups excluding carboxylic acids is 4. The molecule has 0 N–H and O–H groups in total. The third kappa shape index (κ3) is 2.90. The van der Waals surface area contributed by atoms with Gasteiger partial charge < -0.3 is 9.64 Å². The third-order valence-corrected chi connectivity index (χ3v) is 4.35. The highest BCUT2D eigenvalue weighted by molar-refractivity contribution is 6.21. The van der Waals surface area contributed by atoms with Gasteiger partial charge in [-0.2, -0.15) is 0 Å². The van der Waals surface area contributed by atoms with Crippen molar-refractivity contribution in [1.82, 2.24) is 9.80 Å². The lowest BCUT2D eigenvalue weighted by atomic mass is 9.90. The van der Waals surface area contributed by atoms with Crippen LogP contribution in [0.4, 0.5) is 0 Å². The number of hydrogen-bond acceptors (Lipinski definition) is 5. The number of amides is 2. The Balaban J connectivity index is 2.63. The summed E-state index contributed by atoms with van der Waals surface area (Å²) in [6, 6.07) is 7.26. The lowest BCUT2D eigenvalue weighted by molar-refractivity contribution is -0.199. The number of benzene rings is 1. The van der Waals surface area contributed by atoms with E-state index in [2.05, 4.69) is 0 Å². The van der Waals surface area contributed by atoms with Gasteiger partial charge in [0, 0.05) is 26.6 Å². The van der Waals surface area contributed by atoms with E-state index in [0.717, 1.165) is 11.8 Å². The summed E-state index contributed by atoms with van der Waals surface area (Å²) in [5.74, 6) is -2.93. The summed E-state index contributed by atoms with van der Waals surface area (Å²) in [6.07, 6.45) is 0. The number of rotatable bonds is 4. The van der Waals surface area contributed by atoms with Crippen LogP contribution in [0, 0.1) is 5.92 Å². The first kappa shape index (κ1) is 18.6. The van der Waals surface area contributed by atoms with E-state index >= 15 is 0 Å². The van der Waals surface area contributed by atoms with E-state index in [4.69, 9.17) is 4.74 Å². The zero-order chi connectivity index (χ0) is 18.9. The van der Waals surface area contributed by atoms with Gasteiger partial charge in [0.25, 0.3) is 5.91 Å². The minimum Gasteiger partial charge on any atom is -0.421 e. The van der Waals surface area contributed by atoms with Gasteiger partial charge in [-0.05, 0) is 5.92 Å². The summed E-state index contributed by atoms with van der Waals surface area (Å²) < 4.78 is 5.21. The fourth-order valence-electron chi connectivity index (χ4n) is 3.16. The molecule has 1 aromatic rings. The molecule has 1 saturated heterocycles. The fraction of sp³-hybridized carbons (Fsp3) is 0.444. The smallest absolute Gasteiger partial charge is 0.331 e. The molecule has 0 aliphatic carbocycles. The Bertz CT molecular complexity index is 715. The molecule has 1 aliphatic heterocycles. The first-order chi connectivity index (χ1) is 11.6. The Hall–Kier alpha value is -2.70. The first-order valence-electron chi connectivity index (χ1n) is 7.99. The second-order valence-corrected chi connectivity index (χ2v) is 6.43. The van der Waals surface area contributed by atoms with Gasteiger partial charge in [-0.3, -0.25) is 24.1 Å². The third-order valence-electron chi connectivity index (χ3n) is 4.35. The molecule has 2 atom stereocenters. The fourth-order valence-corrected chi connectivity index (χ4v) is 3.16. The van der Waals surface area contributed by atoms with Crippen LogP contribution in [0.3, 0.4) is 0 Å². The summed E-state index contributed by atoms with van der Waals surface area (Å²) in [7, 11) is 2.75. The van der Waals surface area contributed by atoms with Crippen LogP contribution in [0.25, 0.3) is 0 Å². The van der Waals surface area contributed by atoms with E-state index in [0.29, 0.717) is 0 Å². The molecule has 7 heteroatoms. The average Bonchev–Trinajstić information content (AvgIpc) is 2.56. The van der Waals surface area contributed by atoms with E-state index in [1.165, 1.54) is 31.1 Å². The number of nitrogens with zero attached hydrogens (tertiary/aromatic N) is 2. The van der Waals surface area contributed by atoms with Crippen molar-refractivity contribution in [1.29, 1.82) is 0 Å². The van der Waals surface area contributed by atoms with Crippen LogP contribution in [0.1, 0.15) is 31.1 Å². The van der Waals surface area contributed by atoms with Crippen molar-refractivity contribution >= 4 is 23.6 Å². The predicted octanol–water partition coefficient (Wildman–Crippen LogP) is 1.08. The van der Waals surface area contributed by atoms with E-state index in [1.807, 2.05) is 0 Å². The maximum absolute atomic E-state index is 13.1. The number of likely N-dealkylation sites (N-methyl/N-ethyl adjacent to an activating group) is 2. The highest BCUT2D eigenvalue weighted by Crippen LogP contribution is 2.32. The molecule has 7 nitrogen and oxygen atoms in total. The monoisotopic (exact) mass is 346 g/mol. The molecule has 0 aromatic heterocycles. The van der Waals surface area contributed by atoms with Gasteiger partial charge in [0.05, 0.1) is 0 Å². The number of carbonyl (C=O) groups is 4. The Morgan fingerprint density at radius 2 is 1.68 bits per heavy atom. The molecule has 2 rings (SSSR count). The van der Waals surface area contributed by atoms with Crippen LogP contribution in [0.2, 0.25) is 0 Å². The number of hydrogen-bond donors (Lipinski definition) is 0. The number of Topliss-reactive ketones (excluding diaryl/α,β-unsaturated/α-hetero) is 1. The molecule has 1 aliphatic rings. The number of piperazine rings is 1. The summed E-state index contributed by atoms with van der Waals surface area (Å²) in [4.78, 5) is 52.9. The minimum atomic E-state index is -2.33. The van der Waals surface area contributed by atoms with Crippen LogP contribution in [-0.2, 0) is 19.1 Å². The maximum atomic E-state index is 13.1. The van der Waals surface area contributed by atoms with Crippen molar-refractivity contribution in [3.8, 4) is 0 Å². The van der Waals surface area contributed by atoms with Crippen LogP contribution >= 0.6 is 0 Å². The van der Waals surface area contributed by atoms with Crippen molar-refractivity contribution in [3.05, 3.63) is 35.9 Å². The van der Waals surface area contributed by atoms with Crippen molar-refractivity contribution in [3.63, 3.8) is 0 Å². The lowest BCUT2D eigenvalue weighted by Crippen LogP contribution is -2.74. The van der Waals surface area contributed by atoms with Gasteiger partial charge >= 0.3 is 11.7 Å². The van der Waals surface area contributed by atoms with Gasteiger partial charge in [0.1, 0.15) is 6.04 Å². The van der Waals surface area contributed by atoms with E-state index < -0.39 is 35.3 Å².